The van der Waals surface area contributed by atoms with Crippen molar-refractivity contribution in [1.82, 2.24) is 19.6 Å². The van der Waals surface area contributed by atoms with Crippen molar-refractivity contribution in [3.63, 3.8) is 0 Å². The van der Waals surface area contributed by atoms with Crippen LogP contribution in [0, 0.1) is 0 Å². The molecule has 144 valence electrons. The number of aromatic nitrogens is 2. The van der Waals surface area contributed by atoms with Crippen molar-refractivity contribution in [2.45, 2.75) is 64.0 Å². The molecule has 0 saturated carbocycles. The first kappa shape index (κ1) is 18.7. The van der Waals surface area contributed by atoms with E-state index in [2.05, 4.69) is 12.0 Å². The van der Waals surface area contributed by atoms with E-state index in [4.69, 9.17) is 4.74 Å². The van der Waals surface area contributed by atoms with Gasteiger partial charge >= 0.3 is 6.09 Å². The Hall–Kier alpha value is -2.05. The van der Waals surface area contributed by atoms with Gasteiger partial charge in [0.25, 0.3) is 0 Å². The lowest BCUT2D eigenvalue weighted by atomic mass is 9.91. The maximum Gasteiger partial charge on any atom is 0.410 e. The molecule has 2 saturated heterocycles. The van der Waals surface area contributed by atoms with E-state index in [0.717, 1.165) is 19.4 Å². The molecule has 0 aliphatic carbocycles. The number of hydrogen-bond donors (Lipinski definition) is 0. The molecule has 1 atom stereocenters. The first-order chi connectivity index (χ1) is 12.5. The Morgan fingerprint density at radius 2 is 2.08 bits per heavy atom. The van der Waals surface area contributed by atoms with Crippen molar-refractivity contribution in [3.05, 3.63) is 18.5 Å². The van der Waals surface area contributed by atoms with Gasteiger partial charge in [0.1, 0.15) is 11.6 Å². The first-order valence-corrected chi connectivity index (χ1v) is 9.80. The third-order valence-corrected chi connectivity index (χ3v) is 5.59. The number of rotatable bonds is 7. The number of nitrogens with zero attached hydrogens (tertiary/aromatic N) is 4. The number of unbranched alkanes of at least 4 members (excludes halogenated alkanes) is 3. The zero-order chi connectivity index (χ0) is 18.6. The van der Waals surface area contributed by atoms with E-state index < -0.39 is 5.60 Å². The van der Waals surface area contributed by atoms with E-state index >= 15 is 0 Å². The predicted molar refractivity (Wildman–Crippen MR) is 97.7 cm³/mol. The minimum Gasteiger partial charge on any atom is -0.441 e. The molecule has 2 aliphatic heterocycles. The number of likely N-dealkylation sites (tertiary alicyclic amines) is 1. The predicted octanol–water partition coefficient (Wildman–Crippen LogP) is 2.84. The monoisotopic (exact) mass is 362 g/mol. The van der Waals surface area contributed by atoms with Gasteiger partial charge in [0, 0.05) is 44.9 Å². The van der Waals surface area contributed by atoms with Crippen LogP contribution in [0.3, 0.4) is 0 Å². The molecule has 26 heavy (non-hydrogen) atoms. The zero-order valence-corrected chi connectivity index (χ0v) is 15.9. The number of piperidine rings is 1. The molecule has 1 aromatic heterocycles. The fraction of sp³-hybridized carbons (Fsp3) is 0.737. The molecule has 1 spiro atoms. The Labute approximate surface area is 155 Å². The molecule has 0 radical (unpaired) electrons. The summed E-state index contributed by atoms with van der Waals surface area (Å²) in [6, 6.07) is 1.52. The molecule has 3 heterocycles. The van der Waals surface area contributed by atoms with E-state index in [1.807, 2.05) is 29.0 Å². The van der Waals surface area contributed by atoms with Crippen molar-refractivity contribution in [2.75, 3.05) is 26.2 Å². The molecule has 7 heteroatoms. The third kappa shape index (κ3) is 4.02. The van der Waals surface area contributed by atoms with Crippen LogP contribution in [0.5, 0.6) is 0 Å². The van der Waals surface area contributed by atoms with Crippen molar-refractivity contribution >= 4 is 12.0 Å². The maximum absolute atomic E-state index is 12.7. The molecule has 3 rings (SSSR count). The van der Waals surface area contributed by atoms with E-state index in [-0.39, 0.29) is 18.0 Å². The molecule has 0 aromatic carbocycles. The first-order valence-electron chi connectivity index (χ1n) is 9.80. The molecule has 2 amide bonds. The summed E-state index contributed by atoms with van der Waals surface area (Å²) < 4.78 is 7.43. The van der Waals surface area contributed by atoms with Crippen molar-refractivity contribution < 1.29 is 14.3 Å². The lowest BCUT2D eigenvalue weighted by Gasteiger charge is -2.38. The van der Waals surface area contributed by atoms with Gasteiger partial charge in [0.05, 0.1) is 6.54 Å². The molecular formula is C19H30N4O3. The van der Waals surface area contributed by atoms with Gasteiger partial charge in [0.2, 0.25) is 5.91 Å². The summed E-state index contributed by atoms with van der Waals surface area (Å²) in [5, 5.41) is 4.16. The van der Waals surface area contributed by atoms with Gasteiger partial charge in [-0.15, -0.1) is 0 Å². The minimum atomic E-state index is -0.409. The van der Waals surface area contributed by atoms with Crippen LogP contribution in [0.25, 0.3) is 0 Å². The molecular weight excluding hydrogens is 332 g/mol. The second-order valence-corrected chi connectivity index (χ2v) is 7.52. The molecule has 2 fully saturated rings. The number of hydrogen-bond acceptors (Lipinski definition) is 4. The number of carbonyl (C=O) groups is 2. The van der Waals surface area contributed by atoms with E-state index in [9.17, 15) is 9.59 Å². The summed E-state index contributed by atoms with van der Waals surface area (Å²) in [6.07, 6.45) is 9.31. The van der Waals surface area contributed by atoms with Crippen LogP contribution < -0.4 is 0 Å². The normalized spacial score (nSPS) is 20.5. The van der Waals surface area contributed by atoms with Gasteiger partial charge in [0.15, 0.2) is 0 Å². The standard InChI is InChI=1S/C19H30N4O3/c1-3-4-5-6-11-22-15-19(26-18(22)25)8-13-21(14-9-19)17(24)16(2)23-12-7-10-20-23/h7,10,12,16H,3-6,8-9,11,13-15H2,1-2H3/t16-/m0/s1. The smallest absolute Gasteiger partial charge is 0.410 e. The molecule has 0 bridgehead atoms. The van der Waals surface area contributed by atoms with Gasteiger partial charge in [-0.05, 0) is 19.4 Å². The van der Waals surface area contributed by atoms with Crippen LogP contribution in [-0.4, -0.2) is 63.4 Å². The Bertz CT molecular complexity index is 608. The fourth-order valence-electron chi connectivity index (χ4n) is 3.88. The molecule has 1 aromatic rings. The largest absolute Gasteiger partial charge is 0.441 e. The van der Waals surface area contributed by atoms with E-state index in [1.54, 1.807) is 10.9 Å². The van der Waals surface area contributed by atoms with Crippen molar-refractivity contribution in [1.29, 1.82) is 0 Å². The Kier molecular flexibility index (Phi) is 5.84. The summed E-state index contributed by atoms with van der Waals surface area (Å²) in [7, 11) is 0. The number of ether oxygens (including phenoxy) is 1. The number of amides is 2. The zero-order valence-electron chi connectivity index (χ0n) is 15.9. The lowest BCUT2D eigenvalue weighted by Crippen LogP contribution is -2.50. The summed E-state index contributed by atoms with van der Waals surface area (Å²) >= 11 is 0. The van der Waals surface area contributed by atoms with Gasteiger partial charge in [-0.2, -0.15) is 5.10 Å². The highest BCUT2D eigenvalue weighted by Gasteiger charge is 2.47. The van der Waals surface area contributed by atoms with Crippen molar-refractivity contribution in [3.8, 4) is 0 Å². The van der Waals surface area contributed by atoms with Crippen LogP contribution >= 0.6 is 0 Å². The molecule has 2 aliphatic rings. The Morgan fingerprint density at radius 1 is 1.31 bits per heavy atom. The van der Waals surface area contributed by atoms with Gasteiger partial charge in [-0.3, -0.25) is 9.48 Å². The third-order valence-electron chi connectivity index (χ3n) is 5.59. The van der Waals surface area contributed by atoms with E-state index in [1.165, 1.54) is 12.8 Å². The highest BCUT2D eigenvalue weighted by atomic mass is 16.6. The summed E-state index contributed by atoms with van der Waals surface area (Å²) in [5.41, 5.74) is -0.409. The van der Waals surface area contributed by atoms with Crippen LogP contribution in [0.2, 0.25) is 0 Å². The highest BCUT2D eigenvalue weighted by molar-refractivity contribution is 5.80. The quantitative estimate of drug-likeness (QED) is 0.700. The molecule has 0 unspecified atom stereocenters. The maximum atomic E-state index is 12.7. The second-order valence-electron chi connectivity index (χ2n) is 7.52. The molecule has 7 nitrogen and oxygen atoms in total. The summed E-state index contributed by atoms with van der Waals surface area (Å²) in [6.45, 7) is 6.74. The lowest BCUT2D eigenvalue weighted by molar-refractivity contribution is -0.138. The fourth-order valence-corrected chi connectivity index (χ4v) is 3.88. The summed E-state index contributed by atoms with van der Waals surface area (Å²) in [4.78, 5) is 28.6. The van der Waals surface area contributed by atoms with Crippen molar-refractivity contribution in [2.24, 2.45) is 0 Å². The van der Waals surface area contributed by atoms with Gasteiger partial charge in [-0.25, -0.2) is 4.79 Å². The Balaban J connectivity index is 1.50. The minimum absolute atomic E-state index is 0.0734. The average Bonchev–Trinajstić information content (AvgIpc) is 3.27. The van der Waals surface area contributed by atoms with Crippen LogP contribution in [0.15, 0.2) is 18.5 Å². The molecule has 0 N–H and O–H groups in total. The highest BCUT2D eigenvalue weighted by Crippen LogP contribution is 2.34. The summed E-state index contributed by atoms with van der Waals surface area (Å²) in [5.74, 6) is 0.0734. The number of carbonyl (C=O) groups excluding carboxylic acids is 2. The SMILES string of the molecule is CCCCCCN1CC2(CCN(C(=O)[C@H](C)n3cccn3)CC2)OC1=O. The van der Waals surface area contributed by atoms with Crippen LogP contribution in [0.4, 0.5) is 4.79 Å². The average molecular weight is 362 g/mol. The topological polar surface area (TPSA) is 67.7 Å². The van der Waals surface area contributed by atoms with Gasteiger partial charge in [-0.1, -0.05) is 26.2 Å². The Morgan fingerprint density at radius 3 is 2.73 bits per heavy atom. The second kappa shape index (κ2) is 8.10. The van der Waals surface area contributed by atoms with Gasteiger partial charge < -0.3 is 14.5 Å². The van der Waals surface area contributed by atoms with E-state index in [0.29, 0.717) is 32.5 Å². The van der Waals surface area contributed by atoms with Crippen LogP contribution in [-0.2, 0) is 9.53 Å². The van der Waals surface area contributed by atoms with Crippen LogP contribution in [0.1, 0.15) is 58.4 Å².